The molecular weight excluding hydrogens is 1220 g/mol. The molecule has 0 N–H and O–H groups in total. The molecule has 0 aromatic rings. The third-order valence-electron chi connectivity index (χ3n) is 9.74. The summed E-state index contributed by atoms with van der Waals surface area (Å²) in [5, 5.41) is 0. The molecule has 0 aromatic heterocycles. The van der Waals surface area contributed by atoms with Crippen molar-refractivity contribution >= 4 is 30.7 Å². The summed E-state index contributed by atoms with van der Waals surface area (Å²) in [4.78, 5) is 0. The van der Waals surface area contributed by atoms with E-state index in [0.29, 0.717) is 0 Å². The van der Waals surface area contributed by atoms with Gasteiger partial charge in [0.1, 0.15) is 0 Å². The van der Waals surface area contributed by atoms with E-state index in [4.69, 9.17) is 0 Å². The van der Waals surface area contributed by atoms with Crippen molar-refractivity contribution in [3.8, 4) is 0 Å². The zero-order valence-corrected chi connectivity index (χ0v) is 34.1. The minimum absolute atomic E-state index is 0.880. The Morgan fingerprint density at radius 3 is 0.529 bits per heavy atom. The van der Waals surface area contributed by atoms with Crippen molar-refractivity contribution in [2.45, 2.75) is 157 Å². The van der Waals surface area contributed by atoms with Gasteiger partial charge in [-0.3, -0.25) is 0 Å². The summed E-state index contributed by atoms with van der Waals surface area (Å²) in [5.74, 6) is -127. The van der Waals surface area contributed by atoms with Gasteiger partial charge in [0.25, 0.3) is 0 Å². The van der Waals surface area contributed by atoms with Gasteiger partial charge in [-0.2, -0.15) is 171 Å². The molecule has 0 rings (SSSR count). The molecule has 0 saturated heterocycles. The van der Waals surface area contributed by atoms with Crippen molar-refractivity contribution in [3.05, 3.63) is 0 Å². The van der Waals surface area contributed by atoms with Crippen molar-refractivity contribution in [3.63, 3.8) is 0 Å². The topological polar surface area (TPSA) is 0 Å². The third kappa shape index (κ3) is 10.1. The Bertz CT molecular complexity index is 1510. The van der Waals surface area contributed by atoms with E-state index in [1.54, 1.807) is 0 Å². The molecule has 0 atom stereocenters. The van der Waals surface area contributed by atoms with Crippen LogP contribution in [0.2, 0.25) is 24.2 Å². The Labute approximate surface area is 363 Å². The van der Waals surface area contributed by atoms with E-state index in [2.05, 4.69) is 0 Å². The number of alkyl halides is 40. The SMILES string of the molecule is FC(F)(F)C(F)(F)C(F)(F)C(F)(F)C(F)(F)C(F)(F)CC[Si](CCCI)(CCC(F)(F)C(F)(F)C(F)(F)C(F)(F)C(F)(F)C(F)(F)F)CCC(F)(F)C(F)(F)C(F)(F)C(F)(F)C(F)(F)C(F)(F)F. The van der Waals surface area contributed by atoms with Gasteiger partial charge >= 0.3 is 107 Å². The van der Waals surface area contributed by atoms with Crippen molar-refractivity contribution in [2.75, 3.05) is 4.43 Å². The van der Waals surface area contributed by atoms with E-state index in [-0.39, 0.29) is 0 Å². The molecule has 0 bridgehead atoms. The van der Waals surface area contributed by atoms with E-state index in [9.17, 15) is 171 Å². The van der Waals surface area contributed by atoms with Crippen LogP contribution in [-0.2, 0) is 0 Å². The minimum atomic E-state index is -8.83. The normalized spacial score (nSPS) is 16.8. The molecule has 0 fully saturated rings. The number of rotatable bonds is 24. The van der Waals surface area contributed by atoms with Crippen LogP contribution in [-0.4, -0.2) is 120 Å². The maximum atomic E-state index is 14.8. The van der Waals surface area contributed by atoms with E-state index >= 15 is 0 Å². The summed E-state index contributed by atoms with van der Waals surface area (Å²) < 4.78 is 532. The summed E-state index contributed by atoms with van der Waals surface area (Å²) in [6.45, 7) is 0. The highest BCUT2D eigenvalue weighted by Gasteiger charge is 2.93. The van der Waals surface area contributed by atoms with Crippen molar-refractivity contribution < 1.29 is 171 Å². The van der Waals surface area contributed by atoms with Gasteiger partial charge in [0.2, 0.25) is 0 Å². The van der Waals surface area contributed by atoms with Crippen LogP contribution < -0.4 is 0 Å². The first kappa shape index (κ1) is 66.2. The summed E-state index contributed by atoms with van der Waals surface area (Å²) in [5.41, 5.74) is 0. The van der Waals surface area contributed by atoms with Gasteiger partial charge in [-0.25, -0.2) is 0 Å². The van der Waals surface area contributed by atoms with Crippen molar-refractivity contribution in [2.24, 2.45) is 0 Å². The van der Waals surface area contributed by atoms with Crippen LogP contribution in [0.5, 0.6) is 0 Å². The van der Waals surface area contributed by atoms with Gasteiger partial charge in [0, 0.05) is 19.3 Å². The lowest BCUT2D eigenvalue weighted by Crippen LogP contribution is -2.70. The molecule has 0 aliphatic rings. The van der Waals surface area contributed by atoms with Crippen LogP contribution in [0.3, 0.4) is 0 Å². The van der Waals surface area contributed by atoms with Crippen LogP contribution >= 0.6 is 22.6 Å². The Balaban J connectivity index is 8.11. The molecule has 0 aliphatic heterocycles. The Morgan fingerprint density at radius 2 is 0.382 bits per heavy atom. The average Bonchev–Trinajstić information content (AvgIpc) is 3.11. The third-order valence-corrected chi connectivity index (χ3v) is 15.9. The minimum Gasteiger partial charge on any atom is -0.200 e. The smallest absolute Gasteiger partial charge is 0.200 e. The summed E-state index contributed by atoms with van der Waals surface area (Å²) in [6, 6.07) is -11.5. The van der Waals surface area contributed by atoms with E-state index in [0.717, 1.165) is 22.6 Å². The lowest BCUT2D eigenvalue weighted by atomic mass is 9.93. The molecule has 0 amide bonds. The highest BCUT2D eigenvalue weighted by atomic mass is 127. The van der Waals surface area contributed by atoms with Crippen LogP contribution in [0.1, 0.15) is 25.7 Å². The lowest BCUT2D eigenvalue weighted by Gasteiger charge is -2.43. The monoisotopic (exact) mass is 1240 g/mol. The standard InChI is InChI=1S/C27H18F39ISi/c28-10(29,13(34,35)16(40,41)19(46,47)22(52,53)25(58,59)60)2-7-68(6-1-5-67,8-3-11(30,31)14(36,37)17(42,43)20(48,49)23(54,55)26(61,62)63)9-4-12(32,33)15(38,39)18(44,45)21(50,51)24(56,57)27(64,65)66/h1-9H2. The molecule has 0 heterocycles. The largest absolute Gasteiger partial charge is 0.460 e. The molecular formula is C27H18F39ISi. The second-order valence-electron chi connectivity index (χ2n) is 14.3. The van der Waals surface area contributed by atoms with Gasteiger partial charge in [-0.05, 0) is 10.8 Å². The summed E-state index contributed by atoms with van der Waals surface area (Å²) in [7, 11) is -6.62. The molecule has 0 aromatic carbocycles. The van der Waals surface area contributed by atoms with Gasteiger partial charge < -0.3 is 0 Å². The first-order valence-electron chi connectivity index (χ1n) is 16.4. The predicted molar refractivity (Wildman–Crippen MR) is 155 cm³/mol. The lowest BCUT2D eigenvalue weighted by molar-refractivity contribution is -0.440. The van der Waals surface area contributed by atoms with Crippen LogP contribution in [0, 0.1) is 0 Å². The molecule has 0 nitrogen and oxygen atoms in total. The van der Waals surface area contributed by atoms with Gasteiger partial charge in [-0.1, -0.05) is 46.8 Å². The van der Waals surface area contributed by atoms with Gasteiger partial charge in [0.15, 0.2) is 0 Å². The second-order valence-corrected chi connectivity index (χ2v) is 20.4. The summed E-state index contributed by atoms with van der Waals surface area (Å²) >= 11 is 0.880. The fourth-order valence-corrected chi connectivity index (χ4v) is 11.4. The van der Waals surface area contributed by atoms with Crippen LogP contribution in [0.4, 0.5) is 171 Å². The Morgan fingerprint density at radius 1 is 0.221 bits per heavy atom. The van der Waals surface area contributed by atoms with Crippen LogP contribution in [0.25, 0.3) is 0 Å². The predicted octanol–water partition coefficient (Wildman–Crippen LogP) is 16.6. The zero-order valence-electron chi connectivity index (χ0n) is 31.0. The fraction of sp³-hybridized carbons (Fsp3) is 1.00. The Hall–Kier alpha value is -1.78. The quantitative estimate of drug-likeness (QED) is 0.0391. The van der Waals surface area contributed by atoms with E-state index < -0.39 is 170 Å². The molecule has 0 spiro atoms. The molecule has 68 heavy (non-hydrogen) atoms. The zero-order chi connectivity index (χ0) is 55.9. The van der Waals surface area contributed by atoms with Gasteiger partial charge in [-0.15, -0.1) is 0 Å². The van der Waals surface area contributed by atoms with E-state index in [1.165, 1.54) is 0 Å². The average molecular weight is 1240 g/mol. The molecule has 0 saturated carbocycles. The molecule has 0 unspecified atom stereocenters. The highest BCUT2D eigenvalue weighted by Crippen LogP contribution is 2.65. The molecule has 0 aliphatic carbocycles. The highest BCUT2D eigenvalue weighted by molar-refractivity contribution is 14.1. The Kier molecular flexibility index (Phi) is 17.8. The van der Waals surface area contributed by atoms with Crippen LogP contribution in [0.15, 0.2) is 0 Å². The molecule has 0 radical (unpaired) electrons. The number of halogens is 40. The summed E-state index contributed by atoms with van der Waals surface area (Å²) in [6.07, 6.45) is -37.6. The number of hydrogen-bond acceptors (Lipinski definition) is 0. The fourth-order valence-electron chi connectivity index (χ4n) is 5.34. The van der Waals surface area contributed by atoms with E-state index in [1.807, 2.05) is 0 Å². The first-order valence-corrected chi connectivity index (χ1v) is 20.7. The second kappa shape index (κ2) is 18.3. The number of hydrogen-bond donors (Lipinski definition) is 0. The molecule has 41 heteroatoms. The van der Waals surface area contributed by atoms with Crippen molar-refractivity contribution in [1.29, 1.82) is 0 Å². The maximum absolute atomic E-state index is 14.8. The first-order chi connectivity index (χ1) is 28.9. The van der Waals surface area contributed by atoms with Gasteiger partial charge in [0.05, 0.1) is 8.07 Å². The van der Waals surface area contributed by atoms with Crippen molar-refractivity contribution in [1.82, 2.24) is 0 Å². The molecule has 410 valence electrons. The maximum Gasteiger partial charge on any atom is 0.460 e.